The molecule has 1 aliphatic rings. The van der Waals surface area contributed by atoms with Crippen molar-refractivity contribution in [3.05, 3.63) is 59.9 Å². The molecule has 0 N–H and O–H groups in total. The Kier molecular flexibility index (Phi) is 5.41. The maximum Gasteiger partial charge on any atom is 0.311 e. The highest BCUT2D eigenvalue weighted by Crippen LogP contribution is 2.22. The molecule has 1 atom stereocenters. The minimum Gasteiger partial charge on any atom is -0.467 e. The molecule has 1 fully saturated rings. The van der Waals surface area contributed by atoms with Crippen LogP contribution in [0.2, 0.25) is 0 Å². The second-order valence-corrected chi connectivity index (χ2v) is 6.92. The van der Waals surface area contributed by atoms with E-state index in [0.717, 1.165) is 12.0 Å². The highest BCUT2D eigenvalue weighted by atomic mass is 16.6. The number of hydrogen-bond acceptors (Lipinski definition) is 7. The molecule has 0 unspecified atom stereocenters. The van der Waals surface area contributed by atoms with Crippen molar-refractivity contribution < 1.29 is 23.3 Å². The van der Waals surface area contributed by atoms with Crippen LogP contribution in [0.15, 0.2) is 51.6 Å². The van der Waals surface area contributed by atoms with Crippen molar-refractivity contribution in [1.82, 2.24) is 15.0 Å². The van der Waals surface area contributed by atoms with Crippen molar-refractivity contribution in [2.75, 3.05) is 6.54 Å². The van der Waals surface area contributed by atoms with Crippen LogP contribution in [0.25, 0.3) is 11.4 Å². The smallest absolute Gasteiger partial charge is 0.311 e. The van der Waals surface area contributed by atoms with E-state index in [1.165, 1.54) is 5.56 Å². The summed E-state index contributed by atoms with van der Waals surface area (Å²) in [5.74, 6) is 0.273. The zero-order valence-electron chi connectivity index (χ0n) is 16.0. The van der Waals surface area contributed by atoms with E-state index < -0.39 is 11.9 Å². The molecule has 1 aliphatic heterocycles. The van der Waals surface area contributed by atoms with Crippen LogP contribution in [0.3, 0.4) is 0 Å². The number of ether oxygens (including phenoxy) is 1. The summed E-state index contributed by atoms with van der Waals surface area (Å²) in [6, 6.07) is 11.4. The summed E-state index contributed by atoms with van der Waals surface area (Å²) < 4.78 is 15.7. The van der Waals surface area contributed by atoms with Crippen LogP contribution < -0.4 is 0 Å². The highest BCUT2D eigenvalue weighted by Gasteiger charge is 2.35. The van der Waals surface area contributed by atoms with E-state index in [4.69, 9.17) is 13.7 Å². The lowest BCUT2D eigenvalue weighted by Gasteiger charge is -2.14. The van der Waals surface area contributed by atoms with Gasteiger partial charge in [-0.3, -0.25) is 9.59 Å². The molecule has 0 spiro atoms. The van der Waals surface area contributed by atoms with Gasteiger partial charge in [-0.25, -0.2) is 0 Å². The Hall–Kier alpha value is -3.42. The monoisotopic (exact) mass is 395 g/mol. The molecule has 2 aromatic heterocycles. The molecular weight excluding hydrogens is 374 g/mol. The number of likely N-dealkylation sites (tertiary alicyclic amines) is 1. The minimum atomic E-state index is -0.513. The maximum atomic E-state index is 12.3. The standard InChI is InChI=1S/C21H21N3O5/c1-2-14-5-7-15(8-6-14)20-22-18(29-23-20)13-28-21(26)16-10-19(25)24(11-16)12-17-4-3-9-27-17/h3-9,16H,2,10-13H2,1H3/t16-/m0/s1. The van der Waals surface area contributed by atoms with Crippen LogP contribution in [0.4, 0.5) is 0 Å². The van der Waals surface area contributed by atoms with Gasteiger partial charge >= 0.3 is 5.97 Å². The molecule has 3 heterocycles. The molecule has 0 saturated carbocycles. The van der Waals surface area contributed by atoms with Gasteiger partial charge in [0.05, 0.1) is 18.7 Å². The SMILES string of the molecule is CCc1ccc(-c2noc(COC(=O)[C@H]3CC(=O)N(Cc4ccco4)C3)n2)cc1. The van der Waals surface area contributed by atoms with Crippen molar-refractivity contribution in [2.45, 2.75) is 32.9 Å². The van der Waals surface area contributed by atoms with Crippen molar-refractivity contribution in [1.29, 1.82) is 0 Å². The van der Waals surface area contributed by atoms with Gasteiger partial charge < -0.3 is 18.6 Å². The lowest BCUT2D eigenvalue weighted by molar-refractivity contribution is -0.150. The number of nitrogens with zero attached hydrogens (tertiary/aromatic N) is 3. The summed E-state index contributed by atoms with van der Waals surface area (Å²) in [6.07, 6.45) is 2.63. The van der Waals surface area contributed by atoms with Crippen molar-refractivity contribution in [3.63, 3.8) is 0 Å². The van der Waals surface area contributed by atoms with E-state index >= 15 is 0 Å². The number of benzene rings is 1. The molecule has 0 bridgehead atoms. The number of aromatic nitrogens is 2. The van der Waals surface area contributed by atoms with Gasteiger partial charge in [-0.2, -0.15) is 4.98 Å². The van der Waals surface area contributed by atoms with Crippen LogP contribution in [-0.2, 0) is 33.9 Å². The molecule has 3 aromatic rings. The fourth-order valence-corrected chi connectivity index (χ4v) is 3.24. The zero-order valence-corrected chi connectivity index (χ0v) is 16.0. The van der Waals surface area contributed by atoms with E-state index in [0.29, 0.717) is 24.7 Å². The average Bonchev–Trinajstić information content (AvgIpc) is 3.49. The first-order chi connectivity index (χ1) is 14.1. The Morgan fingerprint density at radius 1 is 1.28 bits per heavy atom. The molecule has 29 heavy (non-hydrogen) atoms. The van der Waals surface area contributed by atoms with Crippen LogP contribution in [-0.4, -0.2) is 33.5 Å². The first-order valence-corrected chi connectivity index (χ1v) is 9.51. The molecule has 150 valence electrons. The predicted molar refractivity (Wildman–Crippen MR) is 101 cm³/mol. The fraction of sp³-hybridized carbons (Fsp3) is 0.333. The molecular formula is C21H21N3O5. The van der Waals surface area contributed by atoms with Gasteiger partial charge in [0.15, 0.2) is 6.61 Å². The third-order valence-electron chi connectivity index (χ3n) is 4.90. The zero-order chi connectivity index (χ0) is 20.2. The van der Waals surface area contributed by atoms with Gasteiger partial charge in [0, 0.05) is 18.5 Å². The Bertz CT molecular complexity index is 978. The van der Waals surface area contributed by atoms with Gasteiger partial charge in [0.1, 0.15) is 5.76 Å². The average molecular weight is 395 g/mol. The van der Waals surface area contributed by atoms with Crippen LogP contribution in [0.1, 0.15) is 30.6 Å². The number of furan rings is 1. The number of hydrogen-bond donors (Lipinski definition) is 0. The second-order valence-electron chi connectivity index (χ2n) is 6.92. The predicted octanol–water partition coefficient (Wildman–Crippen LogP) is 2.98. The molecule has 4 rings (SSSR count). The minimum absolute atomic E-state index is 0.0982. The summed E-state index contributed by atoms with van der Waals surface area (Å²) >= 11 is 0. The third-order valence-corrected chi connectivity index (χ3v) is 4.90. The van der Waals surface area contributed by atoms with Crippen LogP contribution >= 0.6 is 0 Å². The normalized spacial score (nSPS) is 16.4. The van der Waals surface area contributed by atoms with Crippen molar-refractivity contribution in [3.8, 4) is 11.4 Å². The van der Waals surface area contributed by atoms with Gasteiger partial charge in [0.2, 0.25) is 11.7 Å². The van der Waals surface area contributed by atoms with Crippen LogP contribution in [0, 0.1) is 5.92 Å². The van der Waals surface area contributed by atoms with E-state index in [2.05, 4.69) is 17.1 Å². The first-order valence-electron chi connectivity index (χ1n) is 9.51. The number of esters is 1. The maximum absolute atomic E-state index is 12.3. The second kappa shape index (κ2) is 8.30. The molecule has 8 heteroatoms. The lowest BCUT2D eigenvalue weighted by atomic mass is 10.1. The molecule has 0 aliphatic carbocycles. The van der Waals surface area contributed by atoms with E-state index in [1.54, 1.807) is 23.3 Å². The topological polar surface area (TPSA) is 98.7 Å². The Morgan fingerprint density at radius 2 is 2.10 bits per heavy atom. The van der Waals surface area contributed by atoms with Crippen molar-refractivity contribution >= 4 is 11.9 Å². The quantitative estimate of drug-likeness (QED) is 0.567. The summed E-state index contributed by atoms with van der Waals surface area (Å²) in [4.78, 5) is 30.3. The number of carbonyl (C=O) groups is 2. The van der Waals surface area contributed by atoms with E-state index in [9.17, 15) is 9.59 Å². The fourth-order valence-electron chi connectivity index (χ4n) is 3.24. The lowest BCUT2D eigenvalue weighted by Crippen LogP contribution is -2.26. The molecule has 1 saturated heterocycles. The molecule has 8 nitrogen and oxygen atoms in total. The van der Waals surface area contributed by atoms with E-state index in [-0.39, 0.29) is 24.8 Å². The largest absolute Gasteiger partial charge is 0.467 e. The Labute approximate surface area is 167 Å². The number of amides is 1. The molecule has 1 aromatic carbocycles. The summed E-state index contributed by atoms with van der Waals surface area (Å²) in [7, 11) is 0. The van der Waals surface area contributed by atoms with Gasteiger partial charge in [-0.15, -0.1) is 0 Å². The number of carbonyl (C=O) groups excluding carboxylic acids is 2. The Balaban J connectivity index is 1.30. The summed E-state index contributed by atoms with van der Waals surface area (Å²) in [6.45, 7) is 2.61. The van der Waals surface area contributed by atoms with E-state index in [1.807, 2.05) is 24.3 Å². The Morgan fingerprint density at radius 3 is 2.83 bits per heavy atom. The van der Waals surface area contributed by atoms with Gasteiger partial charge in [0.25, 0.3) is 5.89 Å². The highest BCUT2D eigenvalue weighted by molar-refractivity contribution is 5.86. The number of rotatable bonds is 7. The van der Waals surface area contributed by atoms with Gasteiger partial charge in [-0.05, 0) is 24.1 Å². The first kappa shape index (κ1) is 18.9. The summed E-state index contributed by atoms with van der Waals surface area (Å²) in [5.41, 5.74) is 2.05. The molecule has 0 radical (unpaired) electrons. The number of aryl methyl sites for hydroxylation is 1. The third kappa shape index (κ3) is 4.37. The van der Waals surface area contributed by atoms with Gasteiger partial charge in [-0.1, -0.05) is 36.3 Å². The molecule has 1 amide bonds. The van der Waals surface area contributed by atoms with Crippen LogP contribution in [0.5, 0.6) is 0 Å². The van der Waals surface area contributed by atoms with Crippen molar-refractivity contribution in [2.24, 2.45) is 5.92 Å². The summed E-state index contributed by atoms with van der Waals surface area (Å²) in [5, 5.41) is 3.93.